The lowest BCUT2D eigenvalue weighted by Crippen LogP contribution is -2.64. The molecule has 5 amide bonds. The summed E-state index contributed by atoms with van der Waals surface area (Å²) in [4.78, 5) is 71.6. The monoisotopic (exact) mass is 756 g/mol. The Balaban J connectivity index is 1.20. The SMILES string of the molecule is C[C@@H]1NC(=O)C([C@@H](C)O)NC(=O)C2(CCN(CC(=O)N3CCOc4ccccc43)CC2)Oc2ccc(cc2)OCCNC(=O)[C@H](Cc2ccccc2)NC1=O. The number of piperidine rings is 1. The van der Waals surface area contributed by atoms with Crippen LogP contribution in [0.1, 0.15) is 32.3 Å². The topological polar surface area (TPSA) is 188 Å². The van der Waals surface area contributed by atoms with Gasteiger partial charge < -0.3 is 45.5 Å². The normalized spacial score (nSPS) is 23.0. The van der Waals surface area contributed by atoms with Gasteiger partial charge in [-0.05, 0) is 55.8 Å². The van der Waals surface area contributed by atoms with Crippen molar-refractivity contribution in [3.63, 3.8) is 0 Å². The molecule has 1 unspecified atom stereocenters. The third-order valence-electron chi connectivity index (χ3n) is 9.99. The molecule has 4 atom stereocenters. The minimum atomic E-state index is -1.47. The molecule has 1 saturated heterocycles. The number of aliphatic hydroxyl groups is 1. The summed E-state index contributed by atoms with van der Waals surface area (Å²) >= 11 is 0. The van der Waals surface area contributed by atoms with Crippen molar-refractivity contribution in [3.8, 4) is 17.2 Å². The van der Waals surface area contributed by atoms with Crippen molar-refractivity contribution in [1.82, 2.24) is 26.2 Å². The van der Waals surface area contributed by atoms with Gasteiger partial charge >= 0.3 is 0 Å². The van der Waals surface area contributed by atoms with Gasteiger partial charge in [0.15, 0.2) is 5.60 Å². The number of anilines is 1. The molecular formula is C40H48N6O9. The molecule has 15 heteroatoms. The second-order valence-corrected chi connectivity index (χ2v) is 14.0. The second-order valence-electron chi connectivity index (χ2n) is 14.0. The lowest BCUT2D eigenvalue weighted by Gasteiger charge is -2.41. The number of carbonyl (C=O) groups is 5. The van der Waals surface area contributed by atoms with Crippen molar-refractivity contribution in [1.29, 1.82) is 0 Å². The number of nitrogens with one attached hydrogen (secondary N) is 4. The van der Waals surface area contributed by atoms with Crippen LogP contribution >= 0.6 is 0 Å². The fourth-order valence-corrected chi connectivity index (χ4v) is 6.85. The first-order valence-corrected chi connectivity index (χ1v) is 18.6. The summed E-state index contributed by atoms with van der Waals surface area (Å²) in [5.74, 6) is -1.07. The van der Waals surface area contributed by atoms with Gasteiger partial charge in [0.05, 0.1) is 31.4 Å². The zero-order valence-electron chi connectivity index (χ0n) is 31.0. The zero-order chi connectivity index (χ0) is 39.0. The summed E-state index contributed by atoms with van der Waals surface area (Å²) in [5, 5.41) is 21.5. The fraction of sp³-hybridized carbons (Fsp3) is 0.425. The molecule has 7 rings (SSSR count). The van der Waals surface area contributed by atoms with Gasteiger partial charge in [-0.15, -0.1) is 0 Å². The smallest absolute Gasteiger partial charge is 0.265 e. The number of fused-ring (bicyclic) bond motifs is 16. The molecule has 1 fully saturated rings. The summed E-state index contributed by atoms with van der Waals surface area (Å²) in [7, 11) is 0. The lowest BCUT2D eigenvalue weighted by atomic mass is 9.89. The van der Waals surface area contributed by atoms with Crippen LogP contribution in [-0.2, 0) is 30.4 Å². The highest BCUT2D eigenvalue weighted by atomic mass is 16.5. The maximum atomic E-state index is 14.3. The molecule has 0 radical (unpaired) electrons. The zero-order valence-corrected chi connectivity index (χ0v) is 31.0. The highest BCUT2D eigenvalue weighted by molar-refractivity contribution is 5.97. The number of likely N-dealkylation sites (tertiary alicyclic amines) is 1. The van der Waals surface area contributed by atoms with Gasteiger partial charge in [-0.25, -0.2) is 0 Å². The number of hydrogen-bond acceptors (Lipinski definition) is 10. The van der Waals surface area contributed by atoms with Crippen LogP contribution in [0.25, 0.3) is 0 Å². The molecule has 3 aromatic rings. The Morgan fingerprint density at radius 2 is 1.51 bits per heavy atom. The van der Waals surface area contributed by atoms with Crippen LogP contribution in [0.15, 0.2) is 78.9 Å². The summed E-state index contributed by atoms with van der Waals surface area (Å²) in [6.07, 6.45) is -0.821. The van der Waals surface area contributed by atoms with E-state index in [1.165, 1.54) is 13.8 Å². The number of benzene rings is 3. The first kappa shape index (κ1) is 39.0. The van der Waals surface area contributed by atoms with Crippen LogP contribution in [0.4, 0.5) is 5.69 Å². The maximum absolute atomic E-state index is 14.3. The Bertz CT molecular complexity index is 1830. The first-order valence-electron chi connectivity index (χ1n) is 18.6. The number of rotatable bonds is 5. The summed E-state index contributed by atoms with van der Waals surface area (Å²) in [6.45, 7) is 4.67. The van der Waals surface area contributed by atoms with Gasteiger partial charge in [0, 0.05) is 32.4 Å². The van der Waals surface area contributed by atoms with Crippen LogP contribution in [-0.4, -0.2) is 115 Å². The highest BCUT2D eigenvalue weighted by Gasteiger charge is 2.46. The number of amides is 5. The predicted molar refractivity (Wildman–Crippen MR) is 202 cm³/mol. The first-order chi connectivity index (χ1) is 26.5. The second kappa shape index (κ2) is 17.6. The van der Waals surface area contributed by atoms with E-state index in [0.717, 1.165) is 5.56 Å². The fourth-order valence-electron chi connectivity index (χ4n) is 6.85. The molecule has 2 bridgehead atoms. The average molecular weight is 757 g/mol. The van der Waals surface area contributed by atoms with E-state index >= 15 is 0 Å². The van der Waals surface area contributed by atoms with Crippen molar-refractivity contribution in [2.24, 2.45) is 0 Å². The Labute approximate surface area is 319 Å². The van der Waals surface area contributed by atoms with Gasteiger partial charge in [-0.1, -0.05) is 42.5 Å². The number of aliphatic hydroxyl groups excluding tert-OH is 1. The van der Waals surface area contributed by atoms with Crippen LogP contribution < -0.4 is 40.4 Å². The van der Waals surface area contributed by atoms with Crippen LogP contribution in [0, 0.1) is 0 Å². The van der Waals surface area contributed by atoms with Gasteiger partial charge in [-0.3, -0.25) is 28.9 Å². The van der Waals surface area contributed by atoms with E-state index in [2.05, 4.69) is 21.3 Å². The quantitative estimate of drug-likeness (QED) is 0.235. The standard InChI is InChI=1S/C40H48N6O9/c1-26-36(49)43-31(24-28-8-4-3-5-9-28)37(50)41-18-22-53-29-12-14-30(15-13-29)55-40(39(52)44-35(27(2)47)38(51)42-26)16-19-45(20-17-40)25-34(48)46-21-23-54-33-11-7-6-10-32(33)46/h3-15,26-27,31,35,47H,16-25H2,1-2H3,(H,41,50)(H,42,51)(H,43,49)(H,44,52)/t26-,27+,31-,35?/m0/s1. The minimum Gasteiger partial charge on any atom is -0.492 e. The molecule has 3 aromatic carbocycles. The summed E-state index contributed by atoms with van der Waals surface area (Å²) < 4.78 is 18.0. The van der Waals surface area contributed by atoms with E-state index in [4.69, 9.17) is 14.2 Å². The van der Waals surface area contributed by atoms with E-state index < -0.39 is 53.5 Å². The molecule has 4 heterocycles. The summed E-state index contributed by atoms with van der Waals surface area (Å²) in [5.41, 5.74) is 0.0572. The third-order valence-corrected chi connectivity index (χ3v) is 9.99. The third kappa shape index (κ3) is 9.72. The van der Waals surface area contributed by atoms with Crippen LogP contribution in [0.2, 0.25) is 0 Å². The molecule has 0 aromatic heterocycles. The van der Waals surface area contributed by atoms with Crippen molar-refractivity contribution >= 4 is 35.2 Å². The number of para-hydroxylation sites is 2. The lowest BCUT2D eigenvalue weighted by molar-refractivity contribution is -0.146. The van der Waals surface area contributed by atoms with Crippen LogP contribution in [0.5, 0.6) is 17.2 Å². The van der Waals surface area contributed by atoms with E-state index in [1.807, 2.05) is 59.5 Å². The van der Waals surface area contributed by atoms with Gasteiger partial charge in [0.25, 0.3) is 5.91 Å². The molecule has 4 aliphatic heterocycles. The molecule has 55 heavy (non-hydrogen) atoms. The number of ether oxygens (including phenoxy) is 3. The Kier molecular flexibility index (Phi) is 12.5. The van der Waals surface area contributed by atoms with Crippen LogP contribution in [0.3, 0.4) is 0 Å². The highest BCUT2D eigenvalue weighted by Crippen LogP contribution is 2.33. The van der Waals surface area contributed by atoms with Crippen molar-refractivity contribution in [2.75, 3.05) is 50.8 Å². The molecule has 4 aliphatic rings. The van der Waals surface area contributed by atoms with E-state index in [9.17, 15) is 29.1 Å². The average Bonchev–Trinajstić information content (AvgIpc) is 3.19. The Morgan fingerprint density at radius 3 is 2.24 bits per heavy atom. The number of carbonyl (C=O) groups excluding carboxylic acids is 5. The number of hydrogen-bond donors (Lipinski definition) is 5. The molecule has 0 saturated carbocycles. The van der Waals surface area contributed by atoms with E-state index in [-0.39, 0.29) is 44.9 Å². The maximum Gasteiger partial charge on any atom is 0.265 e. The van der Waals surface area contributed by atoms with Crippen molar-refractivity contribution in [2.45, 2.75) is 62.9 Å². The molecule has 15 nitrogen and oxygen atoms in total. The molecule has 1 spiro atoms. The van der Waals surface area contributed by atoms with E-state index in [1.54, 1.807) is 29.2 Å². The van der Waals surface area contributed by atoms with Gasteiger partial charge in [0.2, 0.25) is 23.6 Å². The largest absolute Gasteiger partial charge is 0.492 e. The molecular weight excluding hydrogens is 708 g/mol. The van der Waals surface area contributed by atoms with Gasteiger partial charge in [0.1, 0.15) is 48.6 Å². The molecule has 292 valence electrons. The van der Waals surface area contributed by atoms with E-state index in [0.29, 0.717) is 49.2 Å². The summed E-state index contributed by atoms with van der Waals surface area (Å²) in [6, 6.07) is 19.7. The molecule has 5 N–H and O–H groups in total. The van der Waals surface area contributed by atoms with Gasteiger partial charge in [-0.2, -0.15) is 0 Å². The van der Waals surface area contributed by atoms with Crippen molar-refractivity contribution < 1.29 is 43.3 Å². The molecule has 0 aliphatic carbocycles. The predicted octanol–water partition coefficient (Wildman–Crippen LogP) is 0.932. The Hall–Kier alpha value is -5.67. The van der Waals surface area contributed by atoms with Crippen molar-refractivity contribution in [3.05, 3.63) is 84.4 Å². The number of nitrogens with zero attached hydrogens (tertiary/aromatic N) is 2. The Morgan fingerprint density at radius 1 is 0.818 bits per heavy atom. The minimum absolute atomic E-state index is 0.0983.